The molecule has 0 N–H and O–H groups in total. The third-order valence-corrected chi connectivity index (χ3v) is 5.22. The number of esters is 1. The van der Waals surface area contributed by atoms with Gasteiger partial charge in [-0.25, -0.2) is 0 Å². The van der Waals surface area contributed by atoms with Crippen LogP contribution in [0.1, 0.15) is 45.1 Å². The normalized spacial score (nSPS) is 24.0. The Kier molecular flexibility index (Phi) is 5.37. The molecule has 1 unspecified atom stereocenters. The zero-order valence-corrected chi connectivity index (χ0v) is 16.3. The molecule has 5 nitrogen and oxygen atoms in total. The zero-order valence-electron chi connectivity index (χ0n) is 16.3. The van der Waals surface area contributed by atoms with Crippen LogP contribution in [0.4, 0.5) is 8.78 Å². The van der Waals surface area contributed by atoms with Crippen molar-refractivity contribution < 1.29 is 27.8 Å². The van der Waals surface area contributed by atoms with Gasteiger partial charge in [-0.1, -0.05) is 26.0 Å². The third-order valence-electron chi connectivity index (χ3n) is 5.22. The molecule has 0 fully saturated rings. The van der Waals surface area contributed by atoms with E-state index in [4.69, 9.17) is 4.74 Å². The molecule has 1 heterocycles. The number of ether oxygens (including phenoxy) is 2. The van der Waals surface area contributed by atoms with Crippen LogP contribution in [0.2, 0.25) is 0 Å². The van der Waals surface area contributed by atoms with E-state index in [9.17, 15) is 18.4 Å². The smallest absolute Gasteiger partial charge is 0.387 e. The fourth-order valence-corrected chi connectivity index (χ4v) is 4.09. The van der Waals surface area contributed by atoms with E-state index in [0.717, 1.165) is 0 Å². The van der Waals surface area contributed by atoms with Gasteiger partial charge in [-0.3, -0.25) is 14.6 Å². The Hall–Kier alpha value is -2.57. The van der Waals surface area contributed by atoms with E-state index in [1.165, 1.54) is 19.2 Å². The summed E-state index contributed by atoms with van der Waals surface area (Å²) in [5, 5.41) is 0. The van der Waals surface area contributed by atoms with Crippen molar-refractivity contribution in [1.82, 2.24) is 0 Å². The quantitative estimate of drug-likeness (QED) is 0.719. The van der Waals surface area contributed by atoms with E-state index < -0.39 is 24.4 Å². The first-order valence-electron chi connectivity index (χ1n) is 9.07. The van der Waals surface area contributed by atoms with Crippen LogP contribution in [0.5, 0.6) is 5.75 Å². The highest BCUT2D eigenvalue weighted by molar-refractivity contribution is 6.09. The molecule has 0 bridgehead atoms. The third kappa shape index (κ3) is 3.84. The summed E-state index contributed by atoms with van der Waals surface area (Å²) in [6, 6.07) is 6.03. The van der Waals surface area contributed by atoms with E-state index in [-0.39, 0.29) is 16.9 Å². The second-order valence-electron chi connectivity index (χ2n) is 7.98. The lowest BCUT2D eigenvalue weighted by Crippen LogP contribution is -2.39. The molecule has 7 heteroatoms. The van der Waals surface area contributed by atoms with Crippen LogP contribution in [0.15, 0.2) is 40.5 Å². The van der Waals surface area contributed by atoms with Gasteiger partial charge in [0, 0.05) is 29.3 Å². The van der Waals surface area contributed by atoms with E-state index in [0.29, 0.717) is 35.4 Å². The highest BCUT2D eigenvalue weighted by atomic mass is 19.3. The molecule has 1 aromatic carbocycles. The largest absolute Gasteiger partial charge is 0.468 e. The number of hydrogen-bond acceptors (Lipinski definition) is 5. The van der Waals surface area contributed by atoms with Crippen LogP contribution in [-0.4, -0.2) is 31.2 Å². The lowest BCUT2D eigenvalue weighted by atomic mass is 9.67. The maximum Gasteiger partial charge on any atom is 0.387 e. The minimum Gasteiger partial charge on any atom is -0.468 e. The van der Waals surface area contributed by atoms with Gasteiger partial charge in [0.1, 0.15) is 11.7 Å². The standard InChI is InChI=1S/C21H23F2NO4/c1-11-16(19(26)27-4)17(12-5-7-13(8-6-12)28-20(22)23)18-14(24-11)9-21(2,3)10-15(18)25/h5-8,16-17,20H,9-10H2,1-4H3/t16?,17-/m1/s1. The van der Waals surface area contributed by atoms with Gasteiger partial charge in [-0.15, -0.1) is 0 Å². The van der Waals surface area contributed by atoms with Crippen LogP contribution in [0, 0.1) is 11.3 Å². The number of alkyl halides is 2. The number of halogens is 2. The number of rotatable bonds is 4. The zero-order chi connectivity index (χ0) is 20.6. The lowest BCUT2D eigenvalue weighted by Gasteiger charge is -2.38. The fourth-order valence-electron chi connectivity index (χ4n) is 4.09. The first kappa shape index (κ1) is 20.2. The van der Waals surface area contributed by atoms with Crippen molar-refractivity contribution in [2.75, 3.05) is 7.11 Å². The van der Waals surface area contributed by atoms with Crippen LogP contribution >= 0.6 is 0 Å². The van der Waals surface area contributed by atoms with Crippen LogP contribution < -0.4 is 4.74 Å². The Balaban J connectivity index is 2.10. The SMILES string of the molecule is COC(=O)C1C(C)=NC2=C(C(=O)CC(C)(C)C2)[C@@H]1c1ccc(OC(F)F)cc1. The first-order valence-corrected chi connectivity index (χ1v) is 9.07. The number of hydrogen-bond donors (Lipinski definition) is 0. The molecular weight excluding hydrogens is 368 g/mol. The number of methoxy groups -OCH3 is 1. The average Bonchev–Trinajstić information content (AvgIpc) is 2.59. The van der Waals surface area contributed by atoms with Crippen molar-refractivity contribution in [1.29, 1.82) is 0 Å². The Bertz CT molecular complexity index is 856. The molecule has 0 saturated carbocycles. The summed E-state index contributed by atoms with van der Waals surface area (Å²) in [6.07, 6.45) is 0.986. The minimum atomic E-state index is -2.92. The first-order chi connectivity index (χ1) is 13.1. The van der Waals surface area contributed by atoms with Crippen molar-refractivity contribution >= 4 is 17.5 Å². The van der Waals surface area contributed by atoms with Crippen molar-refractivity contribution in [3.63, 3.8) is 0 Å². The molecule has 1 aliphatic carbocycles. The Morgan fingerprint density at radius 3 is 2.43 bits per heavy atom. The fraction of sp³-hybridized carbons (Fsp3) is 0.476. The predicted molar refractivity (Wildman–Crippen MR) is 99.5 cm³/mol. The Morgan fingerprint density at radius 2 is 1.86 bits per heavy atom. The second-order valence-corrected chi connectivity index (χ2v) is 7.98. The molecule has 2 aliphatic rings. The van der Waals surface area contributed by atoms with E-state index in [2.05, 4.69) is 9.73 Å². The van der Waals surface area contributed by atoms with Gasteiger partial charge in [-0.2, -0.15) is 8.78 Å². The molecule has 3 rings (SSSR count). The second kappa shape index (κ2) is 7.45. The monoisotopic (exact) mass is 391 g/mol. The molecule has 1 aromatic rings. The maximum absolute atomic E-state index is 13.0. The number of allylic oxidation sites excluding steroid dienone is 2. The van der Waals surface area contributed by atoms with E-state index in [1.54, 1.807) is 19.1 Å². The summed E-state index contributed by atoms with van der Waals surface area (Å²) >= 11 is 0. The van der Waals surface area contributed by atoms with E-state index >= 15 is 0 Å². The number of ketones is 1. The van der Waals surface area contributed by atoms with Gasteiger partial charge < -0.3 is 9.47 Å². The number of Topliss-reactive ketones (excluding diaryl/α,β-unsaturated/α-hetero) is 1. The number of nitrogens with zero attached hydrogens (tertiary/aromatic N) is 1. The molecule has 2 atom stereocenters. The Labute approximate surface area is 162 Å². The molecule has 150 valence electrons. The molecule has 28 heavy (non-hydrogen) atoms. The maximum atomic E-state index is 13.0. The number of aliphatic imine (C=N–C) groups is 1. The van der Waals surface area contributed by atoms with Crippen molar-refractivity contribution in [2.45, 2.75) is 46.1 Å². The van der Waals surface area contributed by atoms with Crippen LogP contribution in [0.25, 0.3) is 0 Å². The number of carbonyl (C=O) groups excluding carboxylic acids is 2. The van der Waals surface area contributed by atoms with Crippen molar-refractivity contribution in [2.24, 2.45) is 16.3 Å². The topological polar surface area (TPSA) is 65.0 Å². The molecule has 0 aromatic heterocycles. The summed E-state index contributed by atoms with van der Waals surface area (Å²) in [4.78, 5) is 30.1. The molecule has 0 spiro atoms. The van der Waals surface area contributed by atoms with Gasteiger partial charge in [0.15, 0.2) is 5.78 Å². The van der Waals surface area contributed by atoms with Gasteiger partial charge in [-0.05, 0) is 36.5 Å². The minimum absolute atomic E-state index is 0.0138. The van der Waals surface area contributed by atoms with Crippen LogP contribution in [0.3, 0.4) is 0 Å². The highest BCUT2D eigenvalue weighted by Crippen LogP contribution is 2.48. The molecule has 0 radical (unpaired) electrons. The lowest BCUT2D eigenvalue weighted by molar-refractivity contribution is -0.143. The molecule has 1 aliphatic heterocycles. The van der Waals surface area contributed by atoms with Gasteiger partial charge >= 0.3 is 12.6 Å². The molecular formula is C21H23F2NO4. The van der Waals surface area contributed by atoms with Gasteiger partial charge in [0.05, 0.1) is 7.11 Å². The summed E-state index contributed by atoms with van der Waals surface area (Å²) in [5.74, 6) is -1.82. The summed E-state index contributed by atoms with van der Waals surface area (Å²) in [6.45, 7) is 2.85. The summed E-state index contributed by atoms with van der Waals surface area (Å²) < 4.78 is 34.2. The van der Waals surface area contributed by atoms with E-state index in [1.807, 2.05) is 13.8 Å². The van der Waals surface area contributed by atoms with Gasteiger partial charge in [0.25, 0.3) is 0 Å². The number of carbonyl (C=O) groups is 2. The van der Waals surface area contributed by atoms with Gasteiger partial charge in [0.2, 0.25) is 0 Å². The average molecular weight is 391 g/mol. The predicted octanol–water partition coefficient (Wildman–Crippen LogP) is 4.28. The number of benzene rings is 1. The van der Waals surface area contributed by atoms with Crippen molar-refractivity contribution in [3.05, 3.63) is 41.1 Å². The van der Waals surface area contributed by atoms with Crippen molar-refractivity contribution in [3.8, 4) is 5.75 Å². The Morgan fingerprint density at radius 1 is 1.21 bits per heavy atom. The highest BCUT2D eigenvalue weighted by Gasteiger charge is 2.45. The molecule has 0 saturated heterocycles. The molecule has 0 amide bonds. The summed E-state index contributed by atoms with van der Waals surface area (Å²) in [7, 11) is 1.29. The van der Waals surface area contributed by atoms with Crippen LogP contribution in [-0.2, 0) is 14.3 Å². The summed E-state index contributed by atoms with van der Waals surface area (Å²) in [5.41, 5.74) is 2.23.